The zero-order valence-electron chi connectivity index (χ0n) is 31.6. The Morgan fingerprint density at radius 1 is 0.632 bits per heavy atom. The lowest BCUT2D eigenvalue weighted by Gasteiger charge is -2.28. The summed E-state index contributed by atoms with van der Waals surface area (Å²) in [5.41, 5.74) is 16.7. The molecule has 3 nitrogen and oxygen atoms in total. The lowest BCUT2D eigenvalue weighted by atomic mass is 9.80. The van der Waals surface area contributed by atoms with E-state index in [4.69, 9.17) is 5.73 Å². The number of nitrogens with zero attached hydrogens (tertiary/aromatic N) is 1. The third-order valence-electron chi connectivity index (χ3n) is 12.2. The van der Waals surface area contributed by atoms with Gasteiger partial charge in [0, 0.05) is 45.4 Å². The minimum atomic E-state index is -0.280. The molecule has 2 aliphatic carbocycles. The van der Waals surface area contributed by atoms with Crippen molar-refractivity contribution in [1.82, 2.24) is 9.88 Å². The summed E-state index contributed by atoms with van der Waals surface area (Å²) in [6.45, 7) is 0.670. The van der Waals surface area contributed by atoms with Crippen molar-refractivity contribution in [3.63, 3.8) is 0 Å². The molecule has 0 aliphatic heterocycles. The van der Waals surface area contributed by atoms with Crippen LogP contribution < -0.4 is 11.1 Å². The molecule has 272 valence electrons. The van der Waals surface area contributed by atoms with Gasteiger partial charge < -0.3 is 15.6 Å². The second-order valence-electron chi connectivity index (χ2n) is 15.4. The van der Waals surface area contributed by atoms with Crippen molar-refractivity contribution >= 4 is 64.9 Å². The zero-order valence-corrected chi connectivity index (χ0v) is 31.6. The number of nitrogens with one attached hydrogen (secondary N) is 1. The molecule has 11 rings (SSSR count). The second kappa shape index (κ2) is 13.7. The Bertz CT molecular complexity index is 3220. The van der Waals surface area contributed by atoms with Gasteiger partial charge in [0.15, 0.2) is 0 Å². The average Bonchev–Trinajstić information content (AvgIpc) is 3.63. The molecule has 0 amide bonds. The Balaban J connectivity index is 1.01. The van der Waals surface area contributed by atoms with E-state index in [2.05, 4.69) is 204 Å². The van der Waals surface area contributed by atoms with Crippen LogP contribution in [0.15, 0.2) is 211 Å². The van der Waals surface area contributed by atoms with Crippen LogP contribution in [0.4, 0.5) is 0 Å². The molecule has 9 aromatic rings. The number of nitrogens with two attached hydrogens (primary N) is 1. The first-order valence-electron chi connectivity index (χ1n) is 20.0. The summed E-state index contributed by atoms with van der Waals surface area (Å²) in [6.07, 6.45) is 16.6. The number of rotatable bonds is 7. The van der Waals surface area contributed by atoms with E-state index < -0.39 is 0 Å². The summed E-state index contributed by atoms with van der Waals surface area (Å²) in [7, 11) is 0. The molecular weight excluding hydrogens is 691 g/mol. The number of hydrogen-bond donors (Lipinski definition) is 2. The predicted octanol–water partition coefficient (Wildman–Crippen LogP) is 13.1. The number of hydrogen-bond acceptors (Lipinski definition) is 2. The van der Waals surface area contributed by atoms with Gasteiger partial charge in [-0.05, 0) is 85.3 Å². The van der Waals surface area contributed by atoms with E-state index in [-0.39, 0.29) is 6.04 Å². The van der Waals surface area contributed by atoms with Crippen LogP contribution in [0.25, 0.3) is 70.6 Å². The molecule has 1 heterocycles. The highest BCUT2D eigenvalue weighted by Gasteiger charge is 2.25. The van der Waals surface area contributed by atoms with Crippen LogP contribution in [0.2, 0.25) is 0 Å². The third kappa shape index (κ3) is 5.54. The van der Waals surface area contributed by atoms with Crippen LogP contribution in [-0.2, 0) is 6.54 Å². The Labute approximate surface area is 332 Å². The quantitative estimate of drug-likeness (QED) is 0.160. The third-order valence-corrected chi connectivity index (χ3v) is 12.2. The Morgan fingerprint density at radius 3 is 2.18 bits per heavy atom. The minimum absolute atomic E-state index is 0.280. The second-order valence-corrected chi connectivity index (χ2v) is 15.4. The Hall–Kier alpha value is -6.94. The van der Waals surface area contributed by atoms with Crippen LogP contribution in [0.1, 0.15) is 23.6 Å². The molecule has 2 aliphatic rings. The molecule has 2 atom stereocenters. The fourth-order valence-electron chi connectivity index (χ4n) is 9.51. The molecule has 2 unspecified atom stereocenters. The van der Waals surface area contributed by atoms with Gasteiger partial charge in [-0.25, -0.2) is 0 Å². The van der Waals surface area contributed by atoms with Crippen molar-refractivity contribution in [3.05, 3.63) is 222 Å². The highest BCUT2D eigenvalue weighted by Crippen LogP contribution is 2.45. The number of para-hydroxylation sites is 1. The van der Waals surface area contributed by atoms with Crippen molar-refractivity contribution in [1.29, 1.82) is 0 Å². The molecule has 1 aromatic heterocycles. The summed E-state index contributed by atoms with van der Waals surface area (Å²) in [6, 6.07) is 54.9. The first-order valence-corrected chi connectivity index (χ1v) is 20.0. The molecule has 0 saturated heterocycles. The van der Waals surface area contributed by atoms with Gasteiger partial charge in [0.05, 0.1) is 17.1 Å². The fourth-order valence-corrected chi connectivity index (χ4v) is 9.51. The number of allylic oxidation sites excluding steroid dienone is 8. The van der Waals surface area contributed by atoms with Gasteiger partial charge in [-0.3, -0.25) is 0 Å². The lowest BCUT2D eigenvalue weighted by molar-refractivity contribution is 0.691. The van der Waals surface area contributed by atoms with Gasteiger partial charge >= 0.3 is 0 Å². The zero-order chi connectivity index (χ0) is 37.9. The normalized spacial score (nSPS) is 16.1. The maximum atomic E-state index is 7.08. The standard InChI is InChI=1S/C54H41N3/c55-49(44-24-11-16-36-13-1-4-18-40(36)44)33-50(45-25-12-17-37-14-2-5-19-41(37)45)56-34-35-27-30-39(31-28-35)57-51-26-10-9-23-48(51)53-52-42-20-6-3-15-38(42)29-32-46(52)43-21-7-8-22-47(43)54(53)57/h1-18,20-33,41,49,56H,19,34,55H2/b50-33-. The molecule has 0 spiro atoms. The van der Waals surface area contributed by atoms with Gasteiger partial charge in [0.25, 0.3) is 0 Å². The summed E-state index contributed by atoms with van der Waals surface area (Å²) < 4.78 is 2.48. The molecule has 57 heavy (non-hydrogen) atoms. The van der Waals surface area contributed by atoms with E-state index in [9.17, 15) is 0 Å². The van der Waals surface area contributed by atoms with Crippen LogP contribution in [0.5, 0.6) is 0 Å². The molecule has 0 radical (unpaired) electrons. The van der Waals surface area contributed by atoms with E-state index in [0.29, 0.717) is 12.5 Å². The lowest BCUT2D eigenvalue weighted by Crippen LogP contribution is -2.23. The maximum Gasteiger partial charge on any atom is 0.0626 e. The minimum Gasteiger partial charge on any atom is -0.381 e. The number of benzene rings is 8. The molecule has 3 heteroatoms. The maximum absolute atomic E-state index is 7.08. The topological polar surface area (TPSA) is 43.0 Å². The average molecular weight is 732 g/mol. The van der Waals surface area contributed by atoms with Crippen LogP contribution in [-0.4, -0.2) is 4.57 Å². The molecule has 3 N–H and O–H groups in total. The van der Waals surface area contributed by atoms with Gasteiger partial charge in [-0.1, -0.05) is 170 Å². The van der Waals surface area contributed by atoms with Crippen LogP contribution in [0.3, 0.4) is 0 Å². The van der Waals surface area contributed by atoms with E-state index >= 15 is 0 Å². The molecule has 8 aromatic carbocycles. The van der Waals surface area contributed by atoms with Gasteiger partial charge in [0.2, 0.25) is 0 Å². The fraction of sp³-hybridized carbons (Fsp3) is 0.0741. The predicted molar refractivity (Wildman–Crippen MR) is 242 cm³/mol. The summed E-state index contributed by atoms with van der Waals surface area (Å²) in [5.74, 6) is 0.291. The van der Waals surface area contributed by atoms with Gasteiger partial charge in [-0.2, -0.15) is 0 Å². The summed E-state index contributed by atoms with van der Waals surface area (Å²) >= 11 is 0. The monoisotopic (exact) mass is 731 g/mol. The summed E-state index contributed by atoms with van der Waals surface area (Å²) in [4.78, 5) is 0. The Morgan fingerprint density at radius 2 is 1.33 bits per heavy atom. The van der Waals surface area contributed by atoms with Crippen molar-refractivity contribution in [2.75, 3.05) is 0 Å². The van der Waals surface area contributed by atoms with E-state index in [1.807, 2.05) is 0 Å². The largest absolute Gasteiger partial charge is 0.381 e. The smallest absolute Gasteiger partial charge is 0.0626 e. The van der Waals surface area contributed by atoms with Crippen molar-refractivity contribution < 1.29 is 0 Å². The molecule has 0 fully saturated rings. The molecule has 0 saturated carbocycles. The SMILES string of the molecule is NC(/C=C(\NCc1ccc(-n2c3ccccc3c3c4c5ccccc5ccc4c4ccccc4c32)cc1)C1=CC=CC2=CC=CCC21)c1cccc2ccccc12. The first-order chi connectivity index (χ1) is 28.2. The van der Waals surface area contributed by atoms with Crippen LogP contribution in [0, 0.1) is 5.92 Å². The van der Waals surface area contributed by atoms with Crippen molar-refractivity contribution in [3.8, 4) is 5.69 Å². The van der Waals surface area contributed by atoms with E-state index in [0.717, 1.165) is 23.4 Å². The van der Waals surface area contributed by atoms with Crippen LogP contribution >= 0.6 is 0 Å². The first kappa shape index (κ1) is 33.4. The van der Waals surface area contributed by atoms with E-state index in [1.54, 1.807) is 0 Å². The number of fused-ring (bicyclic) bond motifs is 12. The molecule has 0 bridgehead atoms. The van der Waals surface area contributed by atoms with Crippen molar-refractivity contribution in [2.24, 2.45) is 11.7 Å². The molecular formula is C54H41N3. The van der Waals surface area contributed by atoms with Gasteiger partial charge in [0.1, 0.15) is 0 Å². The van der Waals surface area contributed by atoms with Gasteiger partial charge in [-0.15, -0.1) is 0 Å². The highest BCUT2D eigenvalue weighted by molar-refractivity contribution is 6.36. The summed E-state index contributed by atoms with van der Waals surface area (Å²) in [5, 5.41) is 16.5. The van der Waals surface area contributed by atoms with Crippen molar-refractivity contribution in [2.45, 2.75) is 19.0 Å². The highest BCUT2D eigenvalue weighted by atomic mass is 15.0. The number of aromatic nitrogens is 1. The van der Waals surface area contributed by atoms with E-state index in [1.165, 1.54) is 81.6 Å². The Kier molecular flexibility index (Phi) is 8.01.